The van der Waals surface area contributed by atoms with Crippen LogP contribution in [-0.4, -0.2) is 23.1 Å². The number of carboxylic acid groups (broad SMARTS) is 1. The first kappa shape index (κ1) is 24.2. The summed E-state index contributed by atoms with van der Waals surface area (Å²) in [5, 5.41) is 9.28. The van der Waals surface area contributed by atoms with Crippen LogP contribution in [0.15, 0.2) is 24.3 Å². The zero-order valence-corrected chi connectivity index (χ0v) is 18.1. The van der Waals surface area contributed by atoms with E-state index in [9.17, 15) is 14.7 Å². The lowest BCUT2D eigenvalue weighted by atomic mass is 9.99. The summed E-state index contributed by atoms with van der Waals surface area (Å²) >= 11 is 0. The fourth-order valence-corrected chi connectivity index (χ4v) is 3.44. The second-order valence-electron chi connectivity index (χ2n) is 8.60. The maximum absolute atomic E-state index is 12.5. The molecule has 0 aliphatic rings. The first-order valence-electron chi connectivity index (χ1n) is 10.8. The number of benzene rings is 1. The van der Waals surface area contributed by atoms with E-state index in [1.807, 2.05) is 0 Å². The fraction of sp³-hybridized carbons (Fsp3) is 0.667. The number of carboxylic acids is 1. The molecule has 4 heteroatoms. The normalized spacial score (nSPS) is 12.4. The Morgan fingerprint density at radius 3 is 1.89 bits per heavy atom. The molecule has 0 fully saturated rings. The highest BCUT2D eigenvalue weighted by Crippen LogP contribution is 2.20. The average molecular weight is 391 g/mol. The second kappa shape index (κ2) is 13.4. The van der Waals surface area contributed by atoms with E-state index in [-0.39, 0.29) is 17.2 Å². The Balaban J connectivity index is 2.46. The molecule has 0 aromatic heterocycles. The summed E-state index contributed by atoms with van der Waals surface area (Å²) in [4.78, 5) is 23.9. The third-order valence-corrected chi connectivity index (χ3v) is 4.94. The maximum Gasteiger partial charge on any atom is 0.339 e. The van der Waals surface area contributed by atoms with Crippen LogP contribution >= 0.6 is 0 Å². The van der Waals surface area contributed by atoms with Crippen LogP contribution in [-0.2, 0) is 4.74 Å². The van der Waals surface area contributed by atoms with Gasteiger partial charge in [0, 0.05) is 0 Å². The van der Waals surface area contributed by atoms with Crippen LogP contribution < -0.4 is 0 Å². The SMILES string of the molecule is CC(C)CCCCCCCCC(CC(C)C)OC(=O)c1ccccc1C(=O)O. The average Bonchev–Trinajstić information content (AvgIpc) is 2.62. The molecule has 0 aliphatic heterocycles. The molecule has 0 saturated carbocycles. The van der Waals surface area contributed by atoms with Crippen LogP contribution in [0.3, 0.4) is 0 Å². The first-order valence-corrected chi connectivity index (χ1v) is 10.8. The molecule has 4 nitrogen and oxygen atoms in total. The van der Waals surface area contributed by atoms with E-state index in [0.29, 0.717) is 5.92 Å². The number of esters is 1. The molecule has 28 heavy (non-hydrogen) atoms. The predicted molar refractivity (Wildman–Crippen MR) is 114 cm³/mol. The maximum atomic E-state index is 12.5. The number of hydrogen-bond donors (Lipinski definition) is 1. The molecule has 1 rings (SSSR count). The van der Waals surface area contributed by atoms with Crippen molar-refractivity contribution in [1.29, 1.82) is 0 Å². The highest BCUT2D eigenvalue weighted by Gasteiger charge is 2.21. The third-order valence-electron chi connectivity index (χ3n) is 4.94. The van der Waals surface area contributed by atoms with E-state index >= 15 is 0 Å². The van der Waals surface area contributed by atoms with Crippen LogP contribution in [0.4, 0.5) is 0 Å². The van der Waals surface area contributed by atoms with E-state index in [2.05, 4.69) is 27.7 Å². The number of unbranched alkanes of at least 4 members (excludes halogenated alkanes) is 5. The minimum Gasteiger partial charge on any atom is -0.478 e. The first-order chi connectivity index (χ1) is 13.3. The largest absolute Gasteiger partial charge is 0.478 e. The second-order valence-corrected chi connectivity index (χ2v) is 8.60. The van der Waals surface area contributed by atoms with Crippen LogP contribution in [0.5, 0.6) is 0 Å². The molecule has 1 unspecified atom stereocenters. The van der Waals surface area contributed by atoms with E-state index in [1.165, 1.54) is 44.2 Å². The summed E-state index contributed by atoms with van der Waals surface area (Å²) < 4.78 is 5.71. The molecule has 1 atom stereocenters. The van der Waals surface area contributed by atoms with Crippen molar-refractivity contribution >= 4 is 11.9 Å². The molecule has 1 N–H and O–H groups in total. The lowest BCUT2D eigenvalue weighted by Crippen LogP contribution is -2.22. The molecule has 0 spiro atoms. The summed E-state index contributed by atoms with van der Waals surface area (Å²) in [7, 11) is 0. The van der Waals surface area contributed by atoms with E-state index in [4.69, 9.17) is 4.74 Å². The quantitative estimate of drug-likeness (QED) is 0.282. The van der Waals surface area contributed by atoms with Gasteiger partial charge in [-0.15, -0.1) is 0 Å². The third kappa shape index (κ3) is 9.91. The summed E-state index contributed by atoms with van der Waals surface area (Å²) in [5.41, 5.74) is 0.131. The molecular formula is C24H38O4. The summed E-state index contributed by atoms with van der Waals surface area (Å²) in [6.45, 7) is 8.76. The van der Waals surface area contributed by atoms with Gasteiger partial charge in [-0.2, -0.15) is 0 Å². The fourth-order valence-electron chi connectivity index (χ4n) is 3.44. The topological polar surface area (TPSA) is 63.6 Å². The Bertz CT molecular complexity index is 592. The number of aromatic carboxylic acids is 1. The van der Waals surface area contributed by atoms with Gasteiger partial charge in [0.15, 0.2) is 0 Å². The Labute approximate surface area is 170 Å². The van der Waals surface area contributed by atoms with E-state index < -0.39 is 11.9 Å². The van der Waals surface area contributed by atoms with Gasteiger partial charge in [-0.1, -0.05) is 78.4 Å². The van der Waals surface area contributed by atoms with Crippen LogP contribution in [0, 0.1) is 11.8 Å². The molecule has 1 aromatic carbocycles. The Morgan fingerprint density at radius 2 is 1.36 bits per heavy atom. The van der Waals surface area contributed by atoms with Crippen molar-refractivity contribution in [3.63, 3.8) is 0 Å². The number of rotatable bonds is 14. The van der Waals surface area contributed by atoms with Gasteiger partial charge in [0.25, 0.3) is 0 Å². The number of carbonyl (C=O) groups excluding carboxylic acids is 1. The molecule has 0 amide bonds. The zero-order chi connectivity index (χ0) is 20.9. The zero-order valence-electron chi connectivity index (χ0n) is 18.1. The standard InChI is InChI=1S/C24H38O4/c1-18(2)13-9-7-5-6-8-10-14-20(17-19(3)4)28-24(27)22-16-12-11-15-21(22)23(25)26/h11-12,15-16,18-20H,5-10,13-14,17H2,1-4H3,(H,25,26). The lowest BCUT2D eigenvalue weighted by Gasteiger charge is -2.20. The molecular weight excluding hydrogens is 352 g/mol. The lowest BCUT2D eigenvalue weighted by molar-refractivity contribution is 0.0220. The van der Waals surface area contributed by atoms with Crippen molar-refractivity contribution in [3.8, 4) is 0 Å². The van der Waals surface area contributed by atoms with Gasteiger partial charge in [0.05, 0.1) is 11.1 Å². The van der Waals surface area contributed by atoms with Crippen LogP contribution in [0.2, 0.25) is 0 Å². The van der Waals surface area contributed by atoms with Gasteiger partial charge in [-0.3, -0.25) is 0 Å². The van der Waals surface area contributed by atoms with Gasteiger partial charge in [-0.25, -0.2) is 9.59 Å². The highest BCUT2D eigenvalue weighted by molar-refractivity contribution is 6.02. The summed E-state index contributed by atoms with van der Waals surface area (Å²) in [6, 6.07) is 6.25. The van der Waals surface area contributed by atoms with Gasteiger partial charge < -0.3 is 9.84 Å². The predicted octanol–water partition coefficient (Wildman–Crippen LogP) is 6.73. The van der Waals surface area contributed by atoms with Crippen LogP contribution in [0.1, 0.15) is 106 Å². The Kier molecular flexibility index (Phi) is 11.5. The van der Waals surface area contributed by atoms with Crippen molar-refractivity contribution in [2.75, 3.05) is 0 Å². The minimum atomic E-state index is -1.11. The monoisotopic (exact) mass is 390 g/mol. The highest BCUT2D eigenvalue weighted by atomic mass is 16.5. The van der Waals surface area contributed by atoms with E-state index in [0.717, 1.165) is 31.6 Å². The van der Waals surface area contributed by atoms with Gasteiger partial charge in [-0.05, 0) is 43.2 Å². The number of hydrogen-bond acceptors (Lipinski definition) is 3. The van der Waals surface area contributed by atoms with Gasteiger partial charge >= 0.3 is 11.9 Å². The van der Waals surface area contributed by atoms with Crippen molar-refractivity contribution in [3.05, 3.63) is 35.4 Å². The molecule has 158 valence electrons. The molecule has 0 bridgehead atoms. The van der Waals surface area contributed by atoms with E-state index in [1.54, 1.807) is 12.1 Å². The van der Waals surface area contributed by atoms with Crippen molar-refractivity contribution < 1.29 is 19.4 Å². The van der Waals surface area contributed by atoms with Crippen molar-refractivity contribution in [1.82, 2.24) is 0 Å². The van der Waals surface area contributed by atoms with Crippen molar-refractivity contribution in [2.24, 2.45) is 11.8 Å². The molecule has 0 radical (unpaired) electrons. The number of carbonyl (C=O) groups is 2. The molecule has 0 aliphatic carbocycles. The molecule has 0 saturated heterocycles. The van der Waals surface area contributed by atoms with Crippen LogP contribution in [0.25, 0.3) is 0 Å². The van der Waals surface area contributed by atoms with Crippen molar-refractivity contribution in [2.45, 2.75) is 91.6 Å². The Hall–Kier alpha value is -1.84. The minimum absolute atomic E-state index is 0.00260. The molecule has 1 aromatic rings. The smallest absolute Gasteiger partial charge is 0.339 e. The van der Waals surface area contributed by atoms with Gasteiger partial charge in [0.2, 0.25) is 0 Å². The number of ether oxygens (including phenoxy) is 1. The molecule has 0 heterocycles. The summed E-state index contributed by atoms with van der Waals surface area (Å²) in [6.07, 6.45) is 10.1. The van der Waals surface area contributed by atoms with Gasteiger partial charge in [0.1, 0.15) is 6.10 Å². The Morgan fingerprint density at radius 1 is 0.821 bits per heavy atom. The summed E-state index contributed by atoms with van der Waals surface area (Å²) in [5.74, 6) is -0.427.